The second-order valence-corrected chi connectivity index (χ2v) is 5.62. The van der Waals surface area contributed by atoms with Gasteiger partial charge in [-0.3, -0.25) is 4.79 Å². The van der Waals surface area contributed by atoms with E-state index >= 15 is 0 Å². The lowest BCUT2D eigenvalue weighted by Gasteiger charge is -2.23. The average molecular weight is 311 g/mol. The summed E-state index contributed by atoms with van der Waals surface area (Å²) in [4.78, 5) is 12.0. The molecule has 0 bridgehead atoms. The molecule has 1 unspecified atom stereocenters. The fraction of sp³-hybridized carbons (Fsp3) is 0.211. The molecule has 1 N–H and O–H groups in total. The standard InChI is InChI=1S/C19H18FNO2/c1-23-17-8-6-13(7-9-17)14-10-15(12-16(22)11-14)21-19-5-3-2-4-18(19)20/h2-9,12,14,21H,10-11H2,1H3. The van der Waals surface area contributed by atoms with Gasteiger partial charge < -0.3 is 10.1 Å². The van der Waals surface area contributed by atoms with Crippen molar-refractivity contribution in [2.75, 3.05) is 12.4 Å². The maximum atomic E-state index is 13.8. The van der Waals surface area contributed by atoms with Crippen molar-refractivity contribution in [2.45, 2.75) is 18.8 Å². The molecule has 0 saturated carbocycles. The fourth-order valence-corrected chi connectivity index (χ4v) is 2.83. The molecular weight excluding hydrogens is 293 g/mol. The van der Waals surface area contributed by atoms with Gasteiger partial charge in [0.15, 0.2) is 5.78 Å². The molecule has 2 aromatic carbocycles. The van der Waals surface area contributed by atoms with Crippen LogP contribution in [0, 0.1) is 5.82 Å². The van der Waals surface area contributed by atoms with Gasteiger partial charge in [-0.05, 0) is 42.2 Å². The third kappa shape index (κ3) is 3.59. The monoisotopic (exact) mass is 311 g/mol. The minimum atomic E-state index is -0.326. The fourth-order valence-electron chi connectivity index (χ4n) is 2.83. The number of halogens is 1. The molecule has 2 aromatic rings. The summed E-state index contributed by atoms with van der Waals surface area (Å²) in [6, 6.07) is 14.2. The van der Waals surface area contributed by atoms with Gasteiger partial charge >= 0.3 is 0 Å². The summed E-state index contributed by atoms with van der Waals surface area (Å²) in [5.41, 5.74) is 2.22. The Morgan fingerprint density at radius 2 is 1.83 bits per heavy atom. The first-order chi connectivity index (χ1) is 11.2. The quantitative estimate of drug-likeness (QED) is 0.916. The molecule has 0 radical (unpaired) electrons. The average Bonchev–Trinajstić information content (AvgIpc) is 2.56. The van der Waals surface area contributed by atoms with Crippen LogP contribution >= 0.6 is 0 Å². The van der Waals surface area contributed by atoms with Gasteiger partial charge in [0.05, 0.1) is 12.8 Å². The van der Waals surface area contributed by atoms with Crippen molar-refractivity contribution in [3.05, 3.63) is 71.7 Å². The summed E-state index contributed by atoms with van der Waals surface area (Å²) in [5.74, 6) is 0.604. The van der Waals surface area contributed by atoms with Crippen molar-refractivity contribution < 1.29 is 13.9 Å². The molecule has 23 heavy (non-hydrogen) atoms. The van der Waals surface area contributed by atoms with E-state index in [0.29, 0.717) is 18.5 Å². The van der Waals surface area contributed by atoms with Crippen LogP contribution < -0.4 is 10.1 Å². The first-order valence-corrected chi connectivity index (χ1v) is 7.54. The number of hydrogen-bond donors (Lipinski definition) is 1. The maximum Gasteiger partial charge on any atom is 0.158 e. The normalized spacial score (nSPS) is 17.6. The number of ether oxygens (including phenoxy) is 1. The van der Waals surface area contributed by atoms with Crippen LogP contribution in [-0.2, 0) is 4.79 Å². The van der Waals surface area contributed by atoms with E-state index in [9.17, 15) is 9.18 Å². The highest BCUT2D eigenvalue weighted by Crippen LogP contribution is 2.33. The third-order valence-corrected chi connectivity index (χ3v) is 4.01. The summed E-state index contributed by atoms with van der Waals surface area (Å²) in [7, 11) is 1.62. The number of hydrogen-bond acceptors (Lipinski definition) is 3. The topological polar surface area (TPSA) is 38.3 Å². The lowest BCUT2D eigenvalue weighted by Crippen LogP contribution is -2.17. The van der Waals surface area contributed by atoms with E-state index in [-0.39, 0.29) is 17.5 Å². The molecule has 0 fully saturated rings. The second-order valence-electron chi connectivity index (χ2n) is 5.62. The van der Waals surface area contributed by atoms with Gasteiger partial charge in [0, 0.05) is 18.2 Å². The van der Waals surface area contributed by atoms with E-state index in [0.717, 1.165) is 17.0 Å². The van der Waals surface area contributed by atoms with Crippen LogP contribution in [0.25, 0.3) is 0 Å². The Bertz CT molecular complexity index is 737. The number of carbonyl (C=O) groups excluding carboxylic acids is 1. The van der Waals surface area contributed by atoms with Gasteiger partial charge in [-0.1, -0.05) is 24.3 Å². The van der Waals surface area contributed by atoms with Crippen LogP contribution in [0.2, 0.25) is 0 Å². The number of ketones is 1. The van der Waals surface area contributed by atoms with Crippen LogP contribution in [0.1, 0.15) is 24.3 Å². The highest BCUT2D eigenvalue weighted by Gasteiger charge is 2.22. The van der Waals surface area contributed by atoms with Gasteiger partial charge in [0.25, 0.3) is 0 Å². The number of carbonyl (C=O) groups is 1. The first kappa shape index (κ1) is 15.3. The van der Waals surface area contributed by atoms with Gasteiger partial charge in [-0.2, -0.15) is 0 Å². The number of rotatable bonds is 4. The van der Waals surface area contributed by atoms with E-state index in [2.05, 4.69) is 5.32 Å². The number of allylic oxidation sites excluding steroid dienone is 2. The molecule has 1 aliphatic rings. The highest BCUT2D eigenvalue weighted by molar-refractivity contribution is 5.92. The van der Waals surface area contributed by atoms with Crippen molar-refractivity contribution in [3.63, 3.8) is 0 Å². The zero-order chi connectivity index (χ0) is 16.2. The first-order valence-electron chi connectivity index (χ1n) is 7.54. The summed E-state index contributed by atoms with van der Waals surface area (Å²) >= 11 is 0. The summed E-state index contributed by atoms with van der Waals surface area (Å²) in [6.45, 7) is 0. The Morgan fingerprint density at radius 3 is 2.52 bits per heavy atom. The molecule has 3 rings (SSSR count). The third-order valence-electron chi connectivity index (χ3n) is 4.01. The molecule has 0 amide bonds. The van der Waals surface area contributed by atoms with Crippen LogP contribution in [0.15, 0.2) is 60.3 Å². The lowest BCUT2D eigenvalue weighted by molar-refractivity contribution is -0.115. The maximum absolute atomic E-state index is 13.8. The van der Waals surface area contributed by atoms with Crippen molar-refractivity contribution in [1.29, 1.82) is 0 Å². The molecule has 0 heterocycles. The van der Waals surface area contributed by atoms with Crippen molar-refractivity contribution in [1.82, 2.24) is 0 Å². The van der Waals surface area contributed by atoms with E-state index in [1.807, 2.05) is 24.3 Å². The predicted molar refractivity (Wildman–Crippen MR) is 88.1 cm³/mol. The molecule has 1 aliphatic carbocycles. The lowest BCUT2D eigenvalue weighted by atomic mass is 9.85. The summed E-state index contributed by atoms with van der Waals surface area (Å²) in [6.07, 6.45) is 2.72. The molecule has 3 nitrogen and oxygen atoms in total. The Hall–Kier alpha value is -2.62. The SMILES string of the molecule is COc1ccc(C2CC(=O)C=C(Nc3ccccc3F)C2)cc1. The summed E-state index contributed by atoms with van der Waals surface area (Å²) < 4.78 is 18.9. The molecular formula is C19H18FNO2. The molecule has 0 aromatic heterocycles. The minimum Gasteiger partial charge on any atom is -0.497 e. The number of nitrogens with one attached hydrogen (secondary N) is 1. The van der Waals surface area contributed by atoms with E-state index < -0.39 is 0 Å². The second kappa shape index (κ2) is 6.65. The predicted octanol–water partition coefficient (Wildman–Crippen LogP) is 4.28. The largest absolute Gasteiger partial charge is 0.497 e. The number of para-hydroxylation sites is 1. The van der Waals surface area contributed by atoms with Gasteiger partial charge in [0.2, 0.25) is 0 Å². The Balaban J connectivity index is 1.78. The van der Waals surface area contributed by atoms with Gasteiger partial charge in [0.1, 0.15) is 11.6 Å². The van der Waals surface area contributed by atoms with E-state index in [4.69, 9.17) is 4.74 Å². The zero-order valence-electron chi connectivity index (χ0n) is 12.9. The highest BCUT2D eigenvalue weighted by atomic mass is 19.1. The Kier molecular flexibility index (Phi) is 4.42. The van der Waals surface area contributed by atoms with Crippen LogP contribution in [-0.4, -0.2) is 12.9 Å². The van der Waals surface area contributed by atoms with Crippen LogP contribution in [0.5, 0.6) is 5.75 Å². The zero-order valence-corrected chi connectivity index (χ0v) is 12.9. The van der Waals surface area contributed by atoms with Gasteiger partial charge in [-0.15, -0.1) is 0 Å². The van der Waals surface area contributed by atoms with E-state index in [1.165, 1.54) is 6.07 Å². The molecule has 0 saturated heterocycles. The van der Waals surface area contributed by atoms with Crippen molar-refractivity contribution in [2.24, 2.45) is 0 Å². The number of benzene rings is 2. The van der Waals surface area contributed by atoms with Crippen molar-refractivity contribution >= 4 is 11.5 Å². The number of methoxy groups -OCH3 is 1. The molecule has 118 valence electrons. The van der Waals surface area contributed by atoms with Crippen LogP contribution in [0.3, 0.4) is 0 Å². The Morgan fingerprint density at radius 1 is 1.09 bits per heavy atom. The Labute approximate surface area is 134 Å². The van der Waals surface area contributed by atoms with Gasteiger partial charge in [-0.25, -0.2) is 4.39 Å². The van der Waals surface area contributed by atoms with E-state index in [1.54, 1.807) is 31.4 Å². The summed E-state index contributed by atoms with van der Waals surface area (Å²) in [5, 5.41) is 3.04. The number of anilines is 1. The molecule has 1 atom stereocenters. The smallest absolute Gasteiger partial charge is 0.158 e. The van der Waals surface area contributed by atoms with Crippen molar-refractivity contribution in [3.8, 4) is 5.75 Å². The molecule has 0 aliphatic heterocycles. The minimum absolute atomic E-state index is 0.0518. The van der Waals surface area contributed by atoms with Crippen LogP contribution in [0.4, 0.5) is 10.1 Å². The molecule has 4 heteroatoms. The molecule has 0 spiro atoms.